The topological polar surface area (TPSA) is 66.4 Å². The molecule has 0 unspecified atom stereocenters. The Hall–Kier alpha value is -1.53. The Balaban J connectivity index is 2.30. The van der Waals surface area contributed by atoms with E-state index in [0.29, 0.717) is 16.6 Å². The van der Waals surface area contributed by atoms with Gasteiger partial charge in [-0.25, -0.2) is 8.42 Å². The molecule has 106 valence electrons. The monoisotopic (exact) mass is 355 g/mol. The summed E-state index contributed by atoms with van der Waals surface area (Å²) in [6, 6.07) is 11.1. The summed E-state index contributed by atoms with van der Waals surface area (Å²) in [4.78, 5) is 0.203. The van der Waals surface area contributed by atoms with Gasteiger partial charge in [-0.1, -0.05) is 28.1 Å². The molecule has 0 fully saturated rings. The van der Waals surface area contributed by atoms with Crippen LogP contribution in [0.2, 0.25) is 0 Å². The van der Waals surface area contributed by atoms with Crippen LogP contribution in [-0.4, -0.2) is 13.5 Å². The highest BCUT2D eigenvalue weighted by atomic mass is 79.9. The van der Waals surface area contributed by atoms with Crippen LogP contribution in [0.5, 0.6) is 5.75 Å². The number of hydrogen-bond acceptors (Lipinski definition) is 3. The van der Waals surface area contributed by atoms with Gasteiger partial charge < -0.3 is 5.11 Å². The van der Waals surface area contributed by atoms with Crippen molar-refractivity contribution in [1.82, 2.24) is 0 Å². The largest absolute Gasteiger partial charge is 0.508 e. The zero-order valence-electron chi connectivity index (χ0n) is 10.8. The Morgan fingerprint density at radius 1 is 1.15 bits per heavy atom. The fourth-order valence-electron chi connectivity index (χ4n) is 1.72. The first-order valence-corrected chi connectivity index (χ1v) is 8.50. The van der Waals surface area contributed by atoms with E-state index in [1.807, 2.05) is 0 Å². The number of sulfonamides is 1. The smallest absolute Gasteiger partial charge is 0.261 e. The molecule has 2 N–H and O–H groups in total. The van der Waals surface area contributed by atoms with Crippen molar-refractivity contribution in [3.8, 4) is 5.75 Å². The number of alkyl halides is 1. The number of phenolic OH excluding ortho intramolecular Hbond substituents is 1. The van der Waals surface area contributed by atoms with Crippen LogP contribution in [-0.2, 0) is 15.4 Å². The summed E-state index contributed by atoms with van der Waals surface area (Å²) < 4.78 is 27.0. The normalized spacial score (nSPS) is 11.3. The number of benzene rings is 2. The van der Waals surface area contributed by atoms with Crippen molar-refractivity contribution in [2.45, 2.75) is 17.1 Å². The molecule has 0 saturated carbocycles. The number of nitrogens with one attached hydrogen (secondary N) is 1. The van der Waals surface area contributed by atoms with Crippen LogP contribution in [0.15, 0.2) is 47.4 Å². The second-order valence-corrected chi connectivity index (χ2v) is 6.63. The van der Waals surface area contributed by atoms with Gasteiger partial charge >= 0.3 is 0 Å². The number of anilines is 1. The van der Waals surface area contributed by atoms with Gasteiger partial charge in [0.25, 0.3) is 10.0 Å². The predicted octanol–water partition coefficient (Wildman–Crippen LogP) is 3.40. The zero-order valence-corrected chi connectivity index (χ0v) is 13.2. The van der Waals surface area contributed by atoms with Crippen molar-refractivity contribution in [1.29, 1.82) is 0 Å². The summed E-state index contributed by atoms with van der Waals surface area (Å²) in [5.41, 5.74) is 2.11. The molecule has 0 saturated heterocycles. The Kier molecular flexibility index (Phi) is 4.35. The standard InChI is InChI=1S/C14H14BrNO3S/c1-10-8-12(17)4-7-14(10)16-20(18,19)13-5-2-11(9-15)3-6-13/h2-8,16-17H,9H2,1H3. The third-order valence-electron chi connectivity index (χ3n) is 2.84. The molecule has 2 rings (SSSR count). The molecule has 6 heteroatoms. The minimum absolute atomic E-state index is 0.104. The third kappa shape index (κ3) is 3.32. The lowest BCUT2D eigenvalue weighted by Gasteiger charge is -2.11. The fourth-order valence-corrected chi connectivity index (χ4v) is 3.23. The van der Waals surface area contributed by atoms with Crippen molar-refractivity contribution in [2.75, 3.05) is 4.72 Å². The van der Waals surface area contributed by atoms with Crippen LogP contribution in [0.4, 0.5) is 5.69 Å². The van der Waals surface area contributed by atoms with E-state index >= 15 is 0 Å². The molecule has 0 amide bonds. The molecule has 0 atom stereocenters. The average molecular weight is 356 g/mol. The maximum Gasteiger partial charge on any atom is 0.261 e. The number of aromatic hydroxyl groups is 1. The molecule has 0 heterocycles. The second kappa shape index (κ2) is 5.85. The number of aryl methyl sites for hydroxylation is 1. The molecule has 0 spiro atoms. The summed E-state index contributed by atoms with van der Waals surface area (Å²) in [5.74, 6) is 0.104. The molecule has 0 radical (unpaired) electrons. The van der Waals surface area contributed by atoms with Crippen LogP contribution < -0.4 is 4.72 Å². The number of halogens is 1. The van der Waals surface area contributed by atoms with E-state index in [1.165, 1.54) is 18.2 Å². The summed E-state index contributed by atoms with van der Waals surface area (Å²) >= 11 is 3.31. The first kappa shape index (κ1) is 14.9. The van der Waals surface area contributed by atoms with E-state index in [2.05, 4.69) is 20.7 Å². The van der Waals surface area contributed by atoms with Crippen molar-refractivity contribution in [3.63, 3.8) is 0 Å². The predicted molar refractivity (Wildman–Crippen MR) is 82.7 cm³/mol. The lowest BCUT2D eigenvalue weighted by Crippen LogP contribution is -2.13. The lowest BCUT2D eigenvalue weighted by atomic mass is 10.2. The van der Waals surface area contributed by atoms with Gasteiger partial charge in [0.05, 0.1) is 10.6 Å². The van der Waals surface area contributed by atoms with E-state index in [0.717, 1.165) is 5.56 Å². The third-order valence-corrected chi connectivity index (χ3v) is 4.87. The SMILES string of the molecule is Cc1cc(O)ccc1NS(=O)(=O)c1ccc(CBr)cc1. The van der Waals surface area contributed by atoms with Crippen LogP contribution in [0.1, 0.15) is 11.1 Å². The molecule has 0 bridgehead atoms. The molecule has 0 aromatic heterocycles. The first-order chi connectivity index (χ1) is 9.42. The summed E-state index contributed by atoms with van der Waals surface area (Å²) in [7, 11) is -3.62. The molecule has 2 aromatic rings. The summed E-state index contributed by atoms with van der Waals surface area (Å²) in [5, 5.41) is 10.0. The summed E-state index contributed by atoms with van der Waals surface area (Å²) in [6.07, 6.45) is 0. The first-order valence-electron chi connectivity index (χ1n) is 5.90. The number of hydrogen-bond donors (Lipinski definition) is 2. The summed E-state index contributed by atoms with van der Waals surface area (Å²) in [6.45, 7) is 1.73. The molecular weight excluding hydrogens is 342 g/mol. The van der Waals surface area contributed by atoms with Crippen molar-refractivity contribution in [2.24, 2.45) is 0 Å². The Morgan fingerprint density at radius 3 is 2.35 bits per heavy atom. The minimum Gasteiger partial charge on any atom is -0.508 e. The van der Waals surface area contributed by atoms with E-state index in [-0.39, 0.29) is 10.6 Å². The van der Waals surface area contributed by atoms with E-state index in [9.17, 15) is 13.5 Å². The zero-order chi connectivity index (χ0) is 14.8. The van der Waals surface area contributed by atoms with Crippen LogP contribution >= 0.6 is 15.9 Å². The molecule has 0 aliphatic carbocycles. The van der Waals surface area contributed by atoms with Crippen molar-refractivity contribution >= 4 is 31.6 Å². The quantitative estimate of drug-likeness (QED) is 0.652. The van der Waals surface area contributed by atoms with Crippen LogP contribution in [0.3, 0.4) is 0 Å². The van der Waals surface area contributed by atoms with Crippen molar-refractivity contribution in [3.05, 3.63) is 53.6 Å². The highest BCUT2D eigenvalue weighted by Crippen LogP contribution is 2.23. The highest BCUT2D eigenvalue weighted by molar-refractivity contribution is 9.08. The molecule has 0 aliphatic rings. The number of rotatable bonds is 4. The van der Waals surface area contributed by atoms with Gasteiger partial charge in [0, 0.05) is 5.33 Å². The highest BCUT2D eigenvalue weighted by Gasteiger charge is 2.15. The van der Waals surface area contributed by atoms with Gasteiger partial charge in [0.15, 0.2) is 0 Å². The van der Waals surface area contributed by atoms with Gasteiger partial charge in [0.2, 0.25) is 0 Å². The van der Waals surface area contributed by atoms with Gasteiger partial charge in [-0.05, 0) is 48.4 Å². The Morgan fingerprint density at radius 2 is 1.80 bits per heavy atom. The van der Waals surface area contributed by atoms with E-state index < -0.39 is 10.0 Å². The Labute approximate surface area is 126 Å². The molecular formula is C14H14BrNO3S. The maximum atomic E-state index is 12.3. The maximum absolute atomic E-state index is 12.3. The van der Waals surface area contributed by atoms with E-state index in [1.54, 1.807) is 31.2 Å². The van der Waals surface area contributed by atoms with Gasteiger partial charge in [-0.2, -0.15) is 0 Å². The molecule has 2 aromatic carbocycles. The van der Waals surface area contributed by atoms with Gasteiger partial charge in [-0.3, -0.25) is 4.72 Å². The molecule has 4 nitrogen and oxygen atoms in total. The van der Waals surface area contributed by atoms with Gasteiger partial charge in [0.1, 0.15) is 5.75 Å². The minimum atomic E-state index is -3.62. The van der Waals surface area contributed by atoms with Crippen molar-refractivity contribution < 1.29 is 13.5 Å². The van der Waals surface area contributed by atoms with Crippen LogP contribution in [0, 0.1) is 6.92 Å². The van der Waals surface area contributed by atoms with Crippen LogP contribution in [0.25, 0.3) is 0 Å². The van der Waals surface area contributed by atoms with Gasteiger partial charge in [-0.15, -0.1) is 0 Å². The number of phenols is 1. The molecule has 20 heavy (non-hydrogen) atoms. The average Bonchev–Trinajstić information content (AvgIpc) is 2.42. The van der Waals surface area contributed by atoms with E-state index in [4.69, 9.17) is 0 Å². The Bertz CT molecular complexity index is 712. The lowest BCUT2D eigenvalue weighted by molar-refractivity contribution is 0.475. The molecule has 0 aliphatic heterocycles. The second-order valence-electron chi connectivity index (χ2n) is 4.38. The fraction of sp³-hybridized carbons (Fsp3) is 0.143.